The van der Waals surface area contributed by atoms with Crippen molar-refractivity contribution in [3.8, 4) is 5.75 Å². The first-order chi connectivity index (χ1) is 8.95. The van der Waals surface area contributed by atoms with Crippen LogP contribution in [0.4, 0.5) is 10.1 Å². The maximum Gasteiger partial charge on any atom is 0.255 e. The lowest BCUT2D eigenvalue weighted by molar-refractivity contribution is 0.102. The van der Waals surface area contributed by atoms with Crippen molar-refractivity contribution in [3.63, 3.8) is 0 Å². The number of amides is 1. The first kappa shape index (κ1) is 13.4. The molecule has 2 rings (SSSR count). The lowest BCUT2D eigenvalue weighted by Gasteiger charge is -2.07. The van der Waals surface area contributed by atoms with E-state index in [-0.39, 0.29) is 22.0 Å². The summed E-state index contributed by atoms with van der Waals surface area (Å²) in [6, 6.07) is 8.31. The Bertz CT molecular complexity index is 623. The number of phenolic OH excluding ortho intramolecular Hbond substituents is 1. The van der Waals surface area contributed by atoms with Crippen LogP contribution in [0.25, 0.3) is 0 Å². The third-order valence-corrected chi connectivity index (χ3v) is 2.81. The second kappa shape index (κ2) is 5.28. The Morgan fingerprint density at radius 2 is 2.00 bits per heavy atom. The van der Waals surface area contributed by atoms with Gasteiger partial charge in [0, 0.05) is 16.3 Å². The fourth-order valence-corrected chi connectivity index (χ4v) is 1.80. The van der Waals surface area contributed by atoms with Crippen molar-refractivity contribution in [2.45, 2.75) is 6.92 Å². The van der Waals surface area contributed by atoms with Crippen LogP contribution < -0.4 is 5.32 Å². The van der Waals surface area contributed by atoms with E-state index in [1.165, 1.54) is 12.1 Å². The summed E-state index contributed by atoms with van der Waals surface area (Å²) >= 11 is 5.69. The summed E-state index contributed by atoms with van der Waals surface area (Å²) in [4.78, 5) is 11.9. The molecule has 0 unspecified atom stereocenters. The number of aromatic hydroxyl groups is 1. The standard InChI is InChI=1S/C14H11ClFNO2/c1-8-2-3-9(4-13(8)18)14(19)17-12-6-10(15)5-11(16)7-12/h2-7,18H,1H3,(H,17,19). The summed E-state index contributed by atoms with van der Waals surface area (Å²) in [5, 5.41) is 12.3. The Balaban J connectivity index is 2.22. The van der Waals surface area contributed by atoms with E-state index in [4.69, 9.17) is 11.6 Å². The molecule has 5 heteroatoms. The third kappa shape index (κ3) is 3.23. The van der Waals surface area contributed by atoms with Crippen molar-refractivity contribution in [1.82, 2.24) is 0 Å². The van der Waals surface area contributed by atoms with Crippen LogP contribution in [0.3, 0.4) is 0 Å². The molecule has 3 nitrogen and oxygen atoms in total. The molecule has 0 bridgehead atoms. The van der Waals surface area contributed by atoms with Gasteiger partial charge in [0.25, 0.3) is 5.91 Å². The van der Waals surface area contributed by atoms with Crippen molar-refractivity contribution in [1.29, 1.82) is 0 Å². The number of hydrogen-bond acceptors (Lipinski definition) is 2. The fraction of sp³-hybridized carbons (Fsp3) is 0.0714. The van der Waals surface area contributed by atoms with Crippen LogP contribution in [0.5, 0.6) is 5.75 Å². The van der Waals surface area contributed by atoms with E-state index in [0.717, 1.165) is 12.1 Å². The molecule has 2 aromatic carbocycles. The quantitative estimate of drug-likeness (QED) is 0.880. The number of benzene rings is 2. The molecule has 98 valence electrons. The highest BCUT2D eigenvalue weighted by Gasteiger charge is 2.09. The topological polar surface area (TPSA) is 49.3 Å². The van der Waals surface area contributed by atoms with Gasteiger partial charge in [-0.2, -0.15) is 0 Å². The van der Waals surface area contributed by atoms with E-state index in [2.05, 4.69) is 5.32 Å². The van der Waals surface area contributed by atoms with Gasteiger partial charge in [-0.1, -0.05) is 17.7 Å². The summed E-state index contributed by atoms with van der Waals surface area (Å²) in [7, 11) is 0. The van der Waals surface area contributed by atoms with Crippen LogP contribution in [0.1, 0.15) is 15.9 Å². The predicted octanol–water partition coefficient (Wildman–Crippen LogP) is 3.75. The maximum atomic E-state index is 13.1. The van der Waals surface area contributed by atoms with Gasteiger partial charge in [-0.05, 0) is 42.8 Å². The smallest absolute Gasteiger partial charge is 0.255 e. The molecular formula is C14H11ClFNO2. The van der Waals surface area contributed by atoms with E-state index in [9.17, 15) is 14.3 Å². The molecule has 0 aliphatic carbocycles. The summed E-state index contributed by atoms with van der Waals surface area (Å²) in [5.74, 6) is -0.948. The minimum atomic E-state index is -0.533. The van der Waals surface area contributed by atoms with Gasteiger partial charge in [0.2, 0.25) is 0 Å². The number of halogens is 2. The summed E-state index contributed by atoms with van der Waals surface area (Å²) in [5.41, 5.74) is 1.21. The summed E-state index contributed by atoms with van der Waals surface area (Å²) in [6.45, 7) is 1.73. The number of aryl methyl sites for hydroxylation is 1. The van der Waals surface area contributed by atoms with Crippen LogP contribution in [-0.2, 0) is 0 Å². The molecule has 2 aromatic rings. The zero-order valence-electron chi connectivity index (χ0n) is 10.1. The molecule has 19 heavy (non-hydrogen) atoms. The zero-order chi connectivity index (χ0) is 14.0. The molecule has 0 aliphatic rings. The van der Waals surface area contributed by atoms with E-state index in [1.807, 2.05) is 0 Å². The van der Waals surface area contributed by atoms with Crippen molar-refractivity contribution < 1.29 is 14.3 Å². The molecule has 0 fully saturated rings. The Labute approximate surface area is 114 Å². The largest absolute Gasteiger partial charge is 0.508 e. The van der Waals surface area contributed by atoms with Gasteiger partial charge in [-0.25, -0.2) is 4.39 Å². The van der Waals surface area contributed by atoms with E-state index in [0.29, 0.717) is 5.56 Å². The third-order valence-electron chi connectivity index (χ3n) is 2.59. The molecule has 0 heterocycles. The fourth-order valence-electron chi connectivity index (χ4n) is 1.58. The van der Waals surface area contributed by atoms with Crippen molar-refractivity contribution >= 4 is 23.2 Å². The highest BCUT2D eigenvalue weighted by Crippen LogP contribution is 2.21. The van der Waals surface area contributed by atoms with Crippen LogP contribution in [0, 0.1) is 12.7 Å². The van der Waals surface area contributed by atoms with Gasteiger partial charge in [-0.3, -0.25) is 4.79 Å². The number of anilines is 1. The van der Waals surface area contributed by atoms with Gasteiger partial charge in [0.1, 0.15) is 11.6 Å². The Kier molecular flexibility index (Phi) is 3.71. The first-order valence-corrected chi connectivity index (χ1v) is 5.90. The number of phenols is 1. The van der Waals surface area contributed by atoms with Crippen molar-refractivity contribution in [2.24, 2.45) is 0 Å². The highest BCUT2D eigenvalue weighted by atomic mass is 35.5. The van der Waals surface area contributed by atoms with Crippen LogP contribution in [-0.4, -0.2) is 11.0 Å². The van der Waals surface area contributed by atoms with Gasteiger partial charge >= 0.3 is 0 Å². The molecule has 0 aliphatic heterocycles. The monoisotopic (exact) mass is 279 g/mol. The van der Waals surface area contributed by atoms with Crippen LogP contribution in [0.2, 0.25) is 5.02 Å². The zero-order valence-corrected chi connectivity index (χ0v) is 10.8. The number of carbonyl (C=O) groups is 1. The molecule has 0 saturated carbocycles. The van der Waals surface area contributed by atoms with E-state index >= 15 is 0 Å². The number of rotatable bonds is 2. The first-order valence-electron chi connectivity index (χ1n) is 5.53. The van der Waals surface area contributed by atoms with E-state index < -0.39 is 11.7 Å². The van der Waals surface area contributed by atoms with Crippen LogP contribution >= 0.6 is 11.6 Å². The molecule has 0 aromatic heterocycles. The summed E-state index contributed by atoms with van der Waals surface area (Å²) in [6.07, 6.45) is 0. The lowest BCUT2D eigenvalue weighted by Crippen LogP contribution is -2.12. The van der Waals surface area contributed by atoms with Crippen molar-refractivity contribution in [2.75, 3.05) is 5.32 Å². The Morgan fingerprint density at radius 3 is 2.63 bits per heavy atom. The molecule has 0 atom stereocenters. The molecular weight excluding hydrogens is 269 g/mol. The molecule has 2 N–H and O–H groups in total. The number of carbonyl (C=O) groups excluding carboxylic acids is 1. The highest BCUT2D eigenvalue weighted by molar-refractivity contribution is 6.31. The average molecular weight is 280 g/mol. The van der Waals surface area contributed by atoms with Gasteiger partial charge in [0.15, 0.2) is 0 Å². The number of nitrogens with one attached hydrogen (secondary N) is 1. The lowest BCUT2D eigenvalue weighted by atomic mass is 10.1. The minimum absolute atomic E-state index is 0.0323. The summed E-state index contributed by atoms with van der Waals surface area (Å²) < 4.78 is 13.1. The number of hydrogen-bond donors (Lipinski definition) is 2. The second-order valence-corrected chi connectivity index (χ2v) is 4.55. The van der Waals surface area contributed by atoms with Crippen molar-refractivity contribution in [3.05, 3.63) is 58.4 Å². The average Bonchev–Trinajstić information content (AvgIpc) is 2.31. The predicted molar refractivity (Wildman–Crippen MR) is 72.2 cm³/mol. The minimum Gasteiger partial charge on any atom is -0.508 e. The molecule has 0 spiro atoms. The maximum absolute atomic E-state index is 13.1. The Hall–Kier alpha value is -2.07. The normalized spacial score (nSPS) is 10.3. The Morgan fingerprint density at radius 1 is 1.26 bits per heavy atom. The van der Waals surface area contributed by atoms with Gasteiger partial charge in [-0.15, -0.1) is 0 Å². The molecule has 0 saturated heterocycles. The van der Waals surface area contributed by atoms with E-state index in [1.54, 1.807) is 19.1 Å². The SMILES string of the molecule is Cc1ccc(C(=O)Nc2cc(F)cc(Cl)c2)cc1O. The van der Waals surface area contributed by atoms with Gasteiger partial charge < -0.3 is 10.4 Å². The second-order valence-electron chi connectivity index (χ2n) is 4.11. The molecule has 1 amide bonds. The molecule has 0 radical (unpaired) electrons. The van der Waals surface area contributed by atoms with Crippen LogP contribution in [0.15, 0.2) is 36.4 Å². The van der Waals surface area contributed by atoms with Gasteiger partial charge in [0.05, 0.1) is 0 Å².